The van der Waals surface area contributed by atoms with E-state index in [0.717, 1.165) is 35.3 Å². The number of pyridine rings is 1. The van der Waals surface area contributed by atoms with Crippen LogP contribution in [-0.4, -0.2) is 38.7 Å². The van der Waals surface area contributed by atoms with E-state index in [2.05, 4.69) is 20.1 Å². The van der Waals surface area contributed by atoms with E-state index in [1.54, 1.807) is 22.0 Å². The standard InChI is InChI=1S/C21H18N6O2/c1-22-21(8-9-21)19-7-4-16(12-23-19)15-2-5-17(6-3-15)27-14-18(29-20(27)28)13-26-11-10-24-25-26/h2-7,10-12,18H,8-9,13-14H2/t18-/m0/s1. The lowest BCUT2D eigenvalue weighted by molar-refractivity contribution is 0.129. The van der Waals surface area contributed by atoms with E-state index in [0.29, 0.717) is 13.1 Å². The number of ether oxygens (including phenoxy) is 1. The minimum Gasteiger partial charge on any atom is -0.442 e. The SMILES string of the molecule is [C-]#[N+]C1(c2ccc(-c3ccc(N4C[C@H](Cn5ccnn5)OC4=O)cc3)cn2)CC1. The Balaban J connectivity index is 1.29. The summed E-state index contributed by atoms with van der Waals surface area (Å²) in [5.74, 6) is 0. The summed E-state index contributed by atoms with van der Waals surface area (Å²) in [4.78, 5) is 22.1. The Hall–Kier alpha value is -3.73. The maximum Gasteiger partial charge on any atom is 0.414 e. The summed E-state index contributed by atoms with van der Waals surface area (Å²) < 4.78 is 7.10. The van der Waals surface area contributed by atoms with Crippen molar-refractivity contribution in [3.05, 3.63) is 72.1 Å². The van der Waals surface area contributed by atoms with Crippen molar-refractivity contribution in [2.45, 2.75) is 31.0 Å². The summed E-state index contributed by atoms with van der Waals surface area (Å²) in [6, 6.07) is 11.7. The predicted octanol–water partition coefficient (Wildman–Crippen LogP) is 3.27. The molecule has 144 valence electrons. The van der Waals surface area contributed by atoms with E-state index < -0.39 is 0 Å². The van der Waals surface area contributed by atoms with Gasteiger partial charge in [0.1, 0.15) is 11.8 Å². The zero-order chi connectivity index (χ0) is 19.8. The molecule has 1 saturated carbocycles. The molecule has 0 unspecified atom stereocenters. The Kier molecular flexibility index (Phi) is 4.02. The molecular formula is C21H18N6O2. The second-order valence-corrected chi connectivity index (χ2v) is 7.36. The minimum atomic E-state index is -0.388. The van der Waals surface area contributed by atoms with Crippen molar-refractivity contribution < 1.29 is 9.53 Å². The number of hydrogen-bond acceptors (Lipinski definition) is 5. The van der Waals surface area contributed by atoms with Crippen LogP contribution in [0.25, 0.3) is 16.0 Å². The lowest BCUT2D eigenvalue weighted by Gasteiger charge is -2.13. The van der Waals surface area contributed by atoms with E-state index >= 15 is 0 Å². The predicted molar refractivity (Wildman–Crippen MR) is 105 cm³/mol. The number of cyclic esters (lactones) is 1. The molecule has 8 nitrogen and oxygen atoms in total. The van der Waals surface area contributed by atoms with Crippen molar-refractivity contribution in [3.63, 3.8) is 0 Å². The molecule has 8 heteroatoms. The van der Waals surface area contributed by atoms with Gasteiger partial charge in [0.05, 0.1) is 19.3 Å². The number of carbonyl (C=O) groups is 1. The van der Waals surface area contributed by atoms with E-state index in [1.165, 1.54) is 0 Å². The summed E-state index contributed by atoms with van der Waals surface area (Å²) in [7, 11) is 0. The van der Waals surface area contributed by atoms with Crippen molar-refractivity contribution in [1.82, 2.24) is 20.0 Å². The molecule has 1 aliphatic heterocycles. The van der Waals surface area contributed by atoms with Gasteiger partial charge < -0.3 is 9.58 Å². The van der Waals surface area contributed by atoms with Gasteiger partial charge in [0, 0.05) is 36.5 Å². The highest BCUT2D eigenvalue weighted by atomic mass is 16.6. The Morgan fingerprint density at radius 3 is 2.59 bits per heavy atom. The number of anilines is 1. The van der Waals surface area contributed by atoms with Gasteiger partial charge in [-0.05, 0) is 23.8 Å². The van der Waals surface area contributed by atoms with Gasteiger partial charge in [-0.25, -0.2) is 16.0 Å². The average Bonchev–Trinajstić information content (AvgIpc) is 3.23. The Morgan fingerprint density at radius 2 is 1.97 bits per heavy atom. The van der Waals surface area contributed by atoms with Crippen LogP contribution in [0.2, 0.25) is 0 Å². The largest absolute Gasteiger partial charge is 0.442 e. The van der Waals surface area contributed by atoms with Gasteiger partial charge in [-0.3, -0.25) is 9.88 Å². The molecule has 2 aromatic heterocycles. The molecule has 1 atom stereocenters. The van der Waals surface area contributed by atoms with E-state index in [1.807, 2.05) is 42.6 Å². The maximum absolute atomic E-state index is 12.3. The van der Waals surface area contributed by atoms with E-state index in [-0.39, 0.29) is 17.7 Å². The van der Waals surface area contributed by atoms with Gasteiger partial charge in [0.2, 0.25) is 0 Å². The molecule has 0 radical (unpaired) electrons. The fraction of sp³-hybridized carbons (Fsp3) is 0.286. The average molecular weight is 386 g/mol. The van der Waals surface area contributed by atoms with Crippen molar-refractivity contribution >= 4 is 11.8 Å². The number of aromatic nitrogens is 4. The van der Waals surface area contributed by atoms with Crippen LogP contribution in [0.4, 0.5) is 10.5 Å². The summed E-state index contributed by atoms with van der Waals surface area (Å²) in [6.07, 6.45) is 6.31. The van der Waals surface area contributed by atoms with Gasteiger partial charge in [-0.15, -0.1) is 5.10 Å². The fourth-order valence-electron chi connectivity index (χ4n) is 3.58. The van der Waals surface area contributed by atoms with E-state index in [4.69, 9.17) is 11.3 Å². The molecule has 2 aliphatic rings. The highest BCUT2D eigenvalue weighted by Gasteiger charge is 2.53. The van der Waals surface area contributed by atoms with Gasteiger partial charge in [0.25, 0.3) is 5.54 Å². The number of nitrogens with zero attached hydrogens (tertiary/aromatic N) is 6. The Morgan fingerprint density at radius 1 is 1.17 bits per heavy atom. The van der Waals surface area contributed by atoms with Crippen LogP contribution in [0.1, 0.15) is 18.5 Å². The minimum absolute atomic E-state index is 0.266. The molecule has 1 saturated heterocycles. The van der Waals surface area contributed by atoms with Crippen LogP contribution in [0.5, 0.6) is 0 Å². The number of carbonyl (C=O) groups excluding carboxylic acids is 1. The van der Waals surface area contributed by atoms with Crippen molar-refractivity contribution in [1.29, 1.82) is 0 Å². The molecule has 3 heterocycles. The van der Waals surface area contributed by atoms with Gasteiger partial charge in [-0.2, -0.15) is 0 Å². The van der Waals surface area contributed by atoms with Crippen molar-refractivity contribution in [2.75, 3.05) is 11.4 Å². The molecule has 1 aromatic carbocycles. The smallest absolute Gasteiger partial charge is 0.414 e. The number of hydrogen-bond donors (Lipinski definition) is 0. The summed E-state index contributed by atoms with van der Waals surface area (Å²) in [6.45, 7) is 8.29. The maximum atomic E-state index is 12.3. The third-order valence-electron chi connectivity index (χ3n) is 5.43. The quantitative estimate of drug-likeness (QED) is 0.629. The zero-order valence-corrected chi connectivity index (χ0v) is 15.6. The summed E-state index contributed by atoms with van der Waals surface area (Å²) in [5.41, 5.74) is 3.24. The van der Waals surface area contributed by atoms with Gasteiger partial charge in [-0.1, -0.05) is 23.4 Å². The third-order valence-corrected chi connectivity index (χ3v) is 5.43. The van der Waals surface area contributed by atoms with Crippen molar-refractivity contribution in [3.8, 4) is 11.1 Å². The molecule has 0 spiro atoms. The first-order chi connectivity index (χ1) is 14.2. The molecule has 1 amide bonds. The normalized spacial score (nSPS) is 19.6. The summed E-state index contributed by atoms with van der Waals surface area (Å²) in [5, 5.41) is 7.68. The second-order valence-electron chi connectivity index (χ2n) is 7.36. The number of amides is 1. The molecule has 3 aromatic rings. The van der Waals surface area contributed by atoms with Crippen LogP contribution in [0.3, 0.4) is 0 Å². The molecule has 1 aliphatic carbocycles. The third kappa shape index (κ3) is 3.21. The first kappa shape index (κ1) is 17.4. The monoisotopic (exact) mass is 386 g/mol. The topological polar surface area (TPSA) is 77.5 Å². The van der Waals surface area contributed by atoms with Gasteiger partial charge >= 0.3 is 6.09 Å². The Labute approximate surface area is 167 Å². The zero-order valence-electron chi connectivity index (χ0n) is 15.6. The van der Waals surface area contributed by atoms with Gasteiger partial charge in [0.15, 0.2) is 0 Å². The van der Waals surface area contributed by atoms with Crippen LogP contribution < -0.4 is 4.90 Å². The molecule has 29 heavy (non-hydrogen) atoms. The molecular weight excluding hydrogens is 368 g/mol. The van der Waals surface area contributed by atoms with E-state index in [9.17, 15) is 4.79 Å². The molecule has 0 bridgehead atoms. The van der Waals surface area contributed by atoms with Crippen LogP contribution >= 0.6 is 0 Å². The lowest BCUT2D eigenvalue weighted by atomic mass is 10.1. The highest BCUT2D eigenvalue weighted by Crippen LogP contribution is 2.48. The second kappa shape index (κ2) is 6.71. The molecule has 2 fully saturated rings. The Bertz CT molecular complexity index is 1070. The summed E-state index contributed by atoms with van der Waals surface area (Å²) >= 11 is 0. The van der Waals surface area contributed by atoms with Crippen molar-refractivity contribution in [2.24, 2.45) is 0 Å². The molecule has 0 N–H and O–H groups in total. The first-order valence-electron chi connectivity index (χ1n) is 9.45. The lowest BCUT2D eigenvalue weighted by Crippen LogP contribution is -2.26. The number of benzene rings is 1. The first-order valence-corrected chi connectivity index (χ1v) is 9.45. The van der Waals surface area contributed by atoms with Crippen LogP contribution in [0.15, 0.2) is 55.0 Å². The number of rotatable bonds is 5. The highest BCUT2D eigenvalue weighted by molar-refractivity contribution is 5.90. The fourth-order valence-corrected chi connectivity index (χ4v) is 3.58. The molecule has 5 rings (SSSR count). The van der Waals surface area contributed by atoms with Crippen LogP contribution in [-0.2, 0) is 16.8 Å². The van der Waals surface area contributed by atoms with Crippen LogP contribution in [0, 0.1) is 6.57 Å².